The van der Waals surface area contributed by atoms with E-state index < -0.39 is 0 Å². The summed E-state index contributed by atoms with van der Waals surface area (Å²) in [6.07, 6.45) is 6.85. The van der Waals surface area contributed by atoms with Gasteiger partial charge in [-0.3, -0.25) is 0 Å². The largest absolute Gasteiger partial charge is 0.223 e. The third kappa shape index (κ3) is 1.85. The summed E-state index contributed by atoms with van der Waals surface area (Å²) in [4.78, 5) is 8.39. The molecule has 0 radical (unpaired) electrons. The average Bonchev–Trinajstić information content (AvgIpc) is 2.36. The molecule has 19 heavy (non-hydrogen) atoms. The van der Waals surface area contributed by atoms with Gasteiger partial charge in [0.05, 0.1) is 5.69 Å². The number of rotatable bonds is 1. The Hall–Kier alpha value is -1.14. The normalized spacial score (nSPS) is 39.3. The van der Waals surface area contributed by atoms with Gasteiger partial charge in [0.2, 0.25) is 5.28 Å². The fourth-order valence-corrected chi connectivity index (χ4v) is 5.26. The molecule has 0 atom stereocenters. The standard InChI is InChI=1S/C15H16ClN3/c16-15-18-12(7-17)6-13(19-15)14-10-2-8-1-9(4-10)5-11(14)3-8/h6,8-11,14H,1-5H2. The number of halogens is 1. The zero-order valence-corrected chi connectivity index (χ0v) is 11.5. The van der Waals surface area contributed by atoms with Gasteiger partial charge in [-0.2, -0.15) is 5.26 Å². The lowest BCUT2D eigenvalue weighted by Gasteiger charge is -2.54. The maximum absolute atomic E-state index is 9.04. The minimum absolute atomic E-state index is 0.225. The number of nitriles is 1. The third-order valence-electron chi connectivity index (χ3n) is 5.40. The van der Waals surface area contributed by atoms with Gasteiger partial charge in [0.25, 0.3) is 0 Å². The summed E-state index contributed by atoms with van der Waals surface area (Å²) in [5, 5.41) is 9.26. The zero-order valence-electron chi connectivity index (χ0n) is 10.7. The van der Waals surface area contributed by atoms with Crippen LogP contribution < -0.4 is 0 Å². The number of hydrogen-bond donors (Lipinski definition) is 0. The lowest BCUT2D eigenvalue weighted by Crippen LogP contribution is -2.44. The molecule has 0 saturated heterocycles. The molecule has 98 valence electrons. The summed E-state index contributed by atoms with van der Waals surface area (Å²) in [5.74, 6) is 3.93. The molecule has 0 aromatic carbocycles. The Labute approximate surface area is 118 Å². The first kappa shape index (κ1) is 11.7. The summed E-state index contributed by atoms with van der Waals surface area (Å²) in [5.41, 5.74) is 1.43. The molecule has 0 unspecified atom stereocenters. The molecule has 4 aliphatic rings. The fourth-order valence-electron chi connectivity index (χ4n) is 5.07. The molecule has 0 spiro atoms. The highest BCUT2D eigenvalue weighted by atomic mass is 35.5. The first-order valence-corrected chi connectivity index (χ1v) is 7.55. The second kappa shape index (κ2) is 4.18. The second-order valence-corrected chi connectivity index (χ2v) is 6.85. The van der Waals surface area contributed by atoms with Crippen molar-refractivity contribution in [3.05, 3.63) is 22.7 Å². The molecule has 4 saturated carbocycles. The van der Waals surface area contributed by atoms with Crippen molar-refractivity contribution in [3.63, 3.8) is 0 Å². The molecule has 4 heteroatoms. The molecular formula is C15H16ClN3. The van der Waals surface area contributed by atoms with Gasteiger partial charge < -0.3 is 0 Å². The predicted octanol–water partition coefficient (Wildman–Crippen LogP) is 3.54. The predicted molar refractivity (Wildman–Crippen MR) is 71.5 cm³/mol. The molecule has 0 N–H and O–H groups in total. The van der Waals surface area contributed by atoms with Crippen molar-refractivity contribution in [1.29, 1.82) is 5.26 Å². The van der Waals surface area contributed by atoms with E-state index >= 15 is 0 Å². The fraction of sp³-hybridized carbons (Fsp3) is 0.667. The van der Waals surface area contributed by atoms with Crippen molar-refractivity contribution in [2.24, 2.45) is 23.7 Å². The van der Waals surface area contributed by atoms with E-state index in [4.69, 9.17) is 16.9 Å². The van der Waals surface area contributed by atoms with Gasteiger partial charge in [-0.15, -0.1) is 0 Å². The van der Waals surface area contributed by atoms with Crippen molar-refractivity contribution in [2.45, 2.75) is 38.0 Å². The van der Waals surface area contributed by atoms with Gasteiger partial charge in [0.15, 0.2) is 0 Å². The molecule has 1 heterocycles. The van der Waals surface area contributed by atoms with E-state index in [2.05, 4.69) is 16.0 Å². The topological polar surface area (TPSA) is 49.6 Å². The Morgan fingerprint density at radius 3 is 2.26 bits per heavy atom. The van der Waals surface area contributed by atoms with E-state index in [0.717, 1.165) is 29.4 Å². The second-order valence-electron chi connectivity index (χ2n) is 6.52. The molecule has 0 aliphatic heterocycles. The van der Waals surface area contributed by atoms with Crippen LogP contribution in [0, 0.1) is 35.0 Å². The summed E-state index contributed by atoms with van der Waals surface area (Å²) in [6.45, 7) is 0. The molecule has 1 aromatic heterocycles. The van der Waals surface area contributed by atoms with Crippen molar-refractivity contribution in [1.82, 2.24) is 9.97 Å². The first-order chi connectivity index (χ1) is 9.22. The molecule has 4 aliphatic carbocycles. The molecule has 4 fully saturated rings. The zero-order chi connectivity index (χ0) is 13.0. The van der Waals surface area contributed by atoms with Crippen LogP contribution >= 0.6 is 11.6 Å². The first-order valence-electron chi connectivity index (χ1n) is 7.17. The van der Waals surface area contributed by atoms with Crippen LogP contribution in [0.2, 0.25) is 5.28 Å². The van der Waals surface area contributed by atoms with Crippen LogP contribution in [0.3, 0.4) is 0 Å². The van der Waals surface area contributed by atoms with Crippen LogP contribution in [-0.4, -0.2) is 9.97 Å². The highest BCUT2D eigenvalue weighted by Gasteiger charge is 2.49. The van der Waals surface area contributed by atoms with E-state index in [1.807, 2.05) is 6.07 Å². The van der Waals surface area contributed by atoms with Crippen LogP contribution in [0.4, 0.5) is 0 Å². The Morgan fingerprint density at radius 2 is 1.68 bits per heavy atom. The van der Waals surface area contributed by atoms with Gasteiger partial charge in [-0.1, -0.05) is 0 Å². The van der Waals surface area contributed by atoms with Crippen molar-refractivity contribution >= 4 is 11.6 Å². The Bertz CT molecular complexity index is 535. The minimum atomic E-state index is 0.225. The van der Waals surface area contributed by atoms with Gasteiger partial charge in [0.1, 0.15) is 11.8 Å². The van der Waals surface area contributed by atoms with Crippen molar-refractivity contribution in [3.8, 4) is 6.07 Å². The monoisotopic (exact) mass is 273 g/mol. The van der Waals surface area contributed by atoms with Crippen molar-refractivity contribution < 1.29 is 0 Å². The quantitative estimate of drug-likeness (QED) is 0.736. The molecular weight excluding hydrogens is 258 g/mol. The van der Waals surface area contributed by atoms with E-state index in [1.165, 1.54) is 32.1 Å². The molecule has 3 nitrogen and oxygen atoms in total. The van der Waals surface area contributed by atoms with E-state index in [0.29, 0.717) is 11.6 Å². The van der Waals surface area contributed by atoms with Gasteiger partial charge in [-0.05, 0) is 73.4 Å². The maximum atomic E-state index is 9.04. The van der Waals surface area contributed by atoms with Crippen LogP contribution in [0.5, 0.6) is 0 Å². The highest BCUT2D eigenvalue weighted by Crippen LogP contribution is 2.59. The average molecular weight is 274 g/mol. The summed E-state index contributed by atoms with van der Waals surface area (Å²) < 4.78 is 0. The molecule has 0 amide bonds. The smallest absolute Gasteiger partial charge is 0.223 e. The van der Waals surface area contributed by atoms with Crippen molar-refractivity contribution in [2.75, 3.05) is 0 Å². The Morgan fingerprint density at radius 1 is 1.05 bits per heavy atom. The number of nitrogens with zero attached hydrogens (tertiary/aromatic N) is 3. The van der Waals surface area contributed by atoms with Crippen LogP contribution in [0.15, 0.2) is 6.07 Å². The van der Waals surface area contributed by atoms with Crippen LogP contribution in [-0.2, 0) is 0 Å². The summed E-state index contributed by atoms with van der Waals surface area (Å²) >= 11 is 5.97. The minimum Gasteiger partial charge on any atom is -0.223 e. The van der Waals surface area contributed by atoms with Gasteiger partial charge in [0, 0.05) is 5.92 Å². The highest BCUT2D eigenvalue weighted by molar-refractivity contribution is 6.28. The molecule has 5 rings (SSSR count). The van der Waals surface area contributed by atoms with E-state index in [9.17, 15) is 0 Å². The van der Waals surface area contributed by atoms with Gasteiger partial charge in [-0.25, -0.2) is 9.97 Å². The molecule has 1 aromatic rings. The summed E-state index contributed by atoms with van der Waals surface area (Å²) in [7, 11) is 0. The lowest BCUT2D eigenvalue weighted by molar-refractivity contribution is -0.00419. The Balaban J connectivity index is 1.73. The number of aromatic nitrogens is 2. The Kier molecular flexibility index (Phi) is 2.57. The lowest BCUT2D eigenvalue weighted by atomic mass is 9.51. The SMILES string of the molecule is N#Cc1cc(C2C3CC4CC(C3)CC2C4)nc(Cl)n1. The van der Waals surface area contributed by atoms with E-state index in [1.54, 1.807) is 0 Å². The van der Waals surface area contributed by atoms with Crippen LogP contribution in [0.1, 0.15) is 49.4 Å². The third-order valence-corrected chi connectivity index (χ3v) is 5.57. The summed E-state index contributed by atoms with van der Waals surface area (Å²) in [6, 6.07) is 3.95. The van der Waals surface area contributed by atoms with E-state index in [-0.39, 0.29) is 5.28 Å². The van der Waals surface area contributed by atoms with Crippen LogP contribution in [0.25, 0.3) is 0 Å². The number of hydrogen-bond acceptors (Lipinski definition) is 3. The molecule has 4 bridgehead atoms. The van der Waals surface area contributed by atoms with Gasteiger partial charge >= 0.3 is 0 Å². The maximum Gasteiger partial charge on any atom is 0.223 e.